The number of aromatic nitrogens is 4. The summed E-state index contributed by atoms with van der Waals surface area (Å²) in [4.78, 5) is 34.4. The zero-order valence-corrected chi connectivity index (χ0v) is 22.2. The molecule has 2 saturated carbocycles. The summed E-state index contributed by atoms with van der Waals surface area (Å²) >= 11 is 0. The Balaban J connectivity index is 1.43. The third-order valence-corrected chi connectivity index (χ3v) is 7.65. The quantitative estimate of drug-likeness (QED) is 0.382. The highest BCUT2D eigenvalue weighted by Crippen LogP contribution is 2.42. The van der Waals surface area contributed by atoms with Crippen LogP contribution in [0.1, 0.15) is 92.0 Å². The largest absolute Gasteiger partial charge is 0.481 e. The van der Waals surface area contributed by atoms with Gasteiger partial charge in [-0.15, -0.1) is 0 Å². The maximum Gasteiger partial charge on any atom is 0.252 e. The van der Waals surface area contributed by atoms with E-state index in [1.54, 1.807) is 23.0 Å². The van der Waals surface area contributed by atoms with Crippen molar-refractivity contribution in [3.63, 3.8) is 0 Å². The Morgan fingerprint density at radius 1 is 1.13 bits per heavy atom. The van der Waals surface area contributed by atoms with Crippen molar-refractivity contribution < 1.29 is 23.1 Å². The van der Waals surface area contributed by atoms with E-state index in [9.17, 15) is 18.4 Å². The number of hydrogen-bond donors (Lipinski definition) is 2. The number of alkyl halides is 2. The minimum Gasteiger partial charge on any atom is -0.481 e. The lowest BCUT2D eigenvalue weighted by atomic mass is 9.81. The predicted octanol–water partition coefficient (Wildman–Crippen LogP) is 4.80. The van der Waals surface area contributed by atoms with E-state index in [1.165, 1.54) is 19.4 Å². The van der Waals surface area contributed by atoms with E-state index < -0.39 is 12.0 Å². The lowest BCUT2D eigenvalue weighted by molar-refractivity contribution is -0.122. The van der Waals surface area contributed by atoms with Gasteiger partial charge in [-0.05, 0) is 61.6 Å². The number of methoxy groups -OCH3 is 1. The molecule has 3 heterocycles. The van der Waals surface area contributed by atoms with E-state index in [4.69, 9.17) is 9.72 Å². The Morgan fingerprint density at radius 2 is 1.87 bits per heavy atom. The smallest absolute Gasteiger partial charge is 0.252 e. The van der Waals surface area contributed by atoms with Crippen molar-refractivity contribution in [3.8, 4) is 5.88 Å². The van der Waals surface area contributed by atoms with Crippen molar-refractivity contribution >= 4 is 17.5 Å². The van der Waals surface area contributed by atoms with E-state index in [2.05, 4.69) is 20.7 Å². The van der Waals surface area contributed by atoms with Crippen molar-refractivity contribution in [1.82, 2.24) is 30.2 Å². The molecule has 2 aliphatic rings. The fourth-order valence-corrected chi connectivity index (χ4v) is 5.32. The van der Waals surface area contributed by atoms with Gasteiger partial charge in [-0.25, -0.2) is 23.3 Å². The van der Waals surface area contributed by atoms with Crippen LogP contribution in [0.25, 0.3) is 5.65 Å². The van der Waals surface area contributed by atoms with Crippen molar-refractivity contribution in [2.75, 3.05) is 7.11 Å². The molecule has 11 heteroatoms. The topological polar surface area (TPSA) is 111 Å². The maximum atomic E-state index is 14.0. The number of halogens is 2. The molecule has 39 heavy (non-hydrogen) atoms. The molecule has 2 aliphatic carbocycles. The molecule has 0 bridgehead atoms. The lowest BCUT2D eigenvalue weighted by Crippen LogP contribution is -2.37. The summed E-state index contributed by atoms with van der Waals surface area (Å²) in [7, 11) is 1.47. The monoisotopic (exact) mass is 540 g/mol. The molecule has 0 saturated heterocycles. The number of carbonyl (C=O) groups is 2. The van der Waals surface area contributed by atoms with E-state index in [0.29, 0.717) is 35.1 Å². The van der Waals surface area contributed by atoms with Crippen LogP contribution in [0.15, 0.2) is 36.8 Å². The van der Waals surface area contributed by atoms with Gasteiger partial charge >= 0.3 is 0 Å². The third-order valence-electron chi connectivity index (χ3n) is 7.65. The summed E-state index contributed by atoms with van der Waals surface area (Å²) < 4.78 is 34.7. The number of carbonyl (C=O) groups excluding carboxylic acids is 2. The zero-order chi connectivity index (χ0) is 27.6. The number of rotatable bonds is 10. The Bertz CT molecular complexity index is 1330. The standard InChI is InChI=1S/C28H34F2N6O3/c1-3-4-23(37)34-25(17-5-6-17)20-13-22-33-21(16-36(22)32-15-20)26(18-7-10-28(29,30)11-8-18)35-27(38)19-9-12-31-24(14-19)39-2/h9,12-18,25-26H,3-8,10-11H2,1-2H3,(H,34,37)(H,35,38)/t25-,26+/m1/s1. The highest BCUT2D eigenvalue weighted by atomic mass is 19.3. The molecular formula is C28H34F2N6O3. The predicted molar refractivity (Wildman–Crippen MR) is 139 cm³/mol. The lowest BCUT2D eigenvalue weighted by Gasteiger charge is -2.33. The van der Waals surface area contributed by atoms with Crippen LogP contribution >= 0.6 is 0 Å². The first kappa shape index (κ1) is 27.0. The first-order valence-corrected chi connectivity index (χ1v) is 13.6. The van der Waals surface area contributed by atoms with Crippen LogP contribution in [0.2, 0.25) is 0 Å². The van der Waals surface area contributed by atoms with Crippen LogP contribution in [0.3, 0.4) is 0 Å². The molecule has 0 spiro atoms. The van der Waals surface area contributed by atoms with Crippen molar-refractivity contribution in [3.05, 3.63) is 53.6 Å². The van der Waals surface area contributed by atoms with E-state index in [1.807, 2.05) is 13.0 Å². The second kappa shape index (κ2) is 11.2. The van der Waals surface area contributed by atoms with Crippen LogP contribution in [0.5, 0.6) is 5.88 Å². The Hall–Kier alpha value is -3.63. The van der Waals surface area contributed by atoms with Gasteiger partial charge in [-0.3, -0.25) is 9.59 Å². The Labute approximate surface area is 225 Å². The van der Waals surface area contributed by atoms with Crippen molar-refractivity contribution in [2.45, 2.75) is 76.3 Å². The van der Waals surface area contributed by atoms with Gasteiger partial charge in [-0.1, -0.05) is 6.92 Å². The number of nitrogens with zero attached hydrogens (tertiary/aromatic N) is 4. The fourth-order valence-electron chi connectivity index (χ4n) is 5.32. The SMILES string of the molecule is CCCC(=O)N[C@@H](c1cnn2cc([C@@H](NC(=O)c3ccnc(OC)c3)C3CCC(F)(F)CC3)nc2c1)C1CC1. The fraction of sp³-hybridized carbons (Fsp3) is 0.536. The van der Waals surface area contributed by atoms with Gasteiger partial charge in [0, 0.05) is 37.1 Å². The normalized spacial score (nSPS) is 18.9. The molecule has 2 N–H and O–H groups in total. The van der Waals surface area contributed by atoms with Gasteiger partial charge in [-0.2, -0.15) is 5.10 Å². The Morgan fingerprint density at radius 3 is 2.56 bits per heavy atom. The van der Waals surface area contributed by atoms with Crippen LogP contribution in [0, 0.1) is 11.8 Å². The van der Waals surface area contributed by atoms with Gasteiger partial charge in [0.15, 0.2) is 5.65 Å². The highest BCUT2D eigenvalue weighted by molar-refractivity contribution is 5.94. The first-order valence-electron chi connectivity index (χ1n) is 13.6. The minimum atomic E-state index is -2.70. The summed E-state index contributed by atoms with van der Waals surface area (Å²) in [6.45, 7) is 1.97. The molecule has 0 radical (unpaired) electrons. The van der Waals surface area contributed by atoms with Gasteiger partial charge in [0.25, 0.3) is 5.91 Å². The second-order valence-electron chi connectivity index (χ2n) is 10.6. The van der Waals surface area contributed by atoms with Gasteiger partial charge in [0.05, 0.1) is 37.3 Å². The average Bonchev–Trinajstić information content (AvgIpc) is 3.68. The number of nitrogens with one attached hydrogen (secondary N) is 2. The molecule has 0 aliphatic heterocycles. The molecule has 0 aromatic carbocycles. The first-order chi connectivity index (χ1) is 18.8. The number of pyridine rings is 1. The number of hydrogen-bond acceptors (Lipinski definition) is 6. The van der Waals surface area contributed by atoms with Crippen molar-refractivity contribution in [2.24, 2.45) is 11.8 Å². The van der Waals surface area contributed by atoms with Crippen LogP contribution in [-0.2, 0) is 4.79 Å². The molecule has 2 atom stereocenters. The summed E-state index contributed by atoms with van der Waals surface area (Å²) in [5, 5.41) is 10.7. The number of amides is 2. The van der Waals surface area contributed by atoms with Crippen LogP contribution < -0.4 is 15.4 Å². The minimum absolute atomic E-state index is 0.0166. The summed E-state index contributed by atoms with van der Waals surface area (Å²) in [6, 6.07) is 4.31. The number of ether oxygens (including phenoxy) is 1. The zero-order valence-electron chi connectivity index (χ0n) is 22.2. The molecule has 208 valence electrons. The number of fused-ring (bicyclic) bond motifs is 1. The molecule has 2 fully saturated rings. The van der Waals surface area contributed by atoms with Gasteiger partial charge in [0.1, 0.15) is 0 Å². The summed E-state index contributed by atoms with van der Waals surface area (Å²) in [5.41, 5.74) is 2.37. The van der Waals surface area contributed by atoms with Crippen LogP contribution in [0.4, 0.5) is 8.78 Å². The van der Waals surface area contributed by atoms with E-state index >= 15 is 0 Å². The molecule has 9 nitrogen and oxygen atoms in total. The Kier molecular flexibility index (Phi) is 7.76. The summed E-state index contributed by atoms with van der Waals surface area (Å²) in [5.74, 6) is -2.58. The molecule has 5 rings (SSSR count). The summed E-state index contributed by atoms with van der Waals surface area (Å²) in [6.07, 6.45) is 8.35. The van der Waals surface area contributed by atoms with Gasteiger partial charge < -0.3 is 15.4 Å². The van der Waals surface area contributed by atoms with E-state index in [-0.39, 0.29) is 49.5 Å². The molecular weight excluding hydrogens is 506 g/mol. The average molecular weight is 541 g/mol. The molecule has 3 aromatic heterocycles. The second-order valence-corrected chi connectivity index (χ2v) is 10.6. The van der Waals surface area contributed by atoms with Crippen molar-refractivity contribution in [1.29, 1.82) is 0 Å². The van der Waals surface area contributed by atoms with E-state index in [0.717, 1.165) is 24.8 Å². The third kappa shape index (κ3) is 6.34. The number of imidazole rings is 1. The van der Waals surface area contributed by atoms with Gasteiger partial charge in [0.2, 0.25) is 17.7 Å². The molecule has 0 unspecified atom stereocenters. The highest BCUT2D eigenvalue weighted by Gasteiger charge is 2.39. The molecule has 2 amide bonds. The maximum absolute atomic E-state index is 14.0. The molecule has 3 aromatic rings. The van der Waals surface area contributed by atoms with Crippen LogP contribution in [-0.4, -0.2) is 44.4 Å².